The maximum Gasteiger partial charge on any atom is 0.191 e. The first-order chi connectivity index (χ1) is 9.54. The van der Waals surface area contributed by atoms with Crippen molar-refractivity contribution in [1.29, 1.82) is 0 Å². The van der Waals surface area contributed by atoms with Gasteiger partial charge in [-0.05, 0) is 62.5 Å². The van der Waals surface area contributed by atoms with Crippen LogP contribution in [0.15, 0.2) is 41.5 Å². The third-order valence-corrected chi connectivity index (χ3v) is 3.83. The molecular formula is C14H14FN3S2. The van der Waals surface area contributed by atoms with E-state index in [1.807, 2.05) is 19.1 Å². The van der Waals surface area contributed by atoms with Crippen molar-refractivity contribution in [3.8, 4) is 0 Å². The highest BCUT2D eigenvalue weighted by Gasteiger charge is 2.01. The van der Waals surface area contributed by atoms with Gasteiger partial charge in [-0.1, -0.05) is 0 Å². The Labute approximate surface area is 126 Å². The van der Waals surface area contributed by atoms with Crippen molar-refractivity contribution >= 4 is 40.1 Å². The summed E-state index contributed by atoms with van der Waals surface area (Å²) in [6, 6.07) is 10.0. The molecule has 0 radical (unpaired) electrons. The SMILES string of the molecule is C/C(=N/NC(=S)Nc1ccc(F)cc1)c1ccc(C)s1. The molecule has 0 saturated heterocycles. The molecule has 2 N–H and O–H groups in total. The second kappa shape index (κ2) is 6.58. The van der Waals surface area contributed by atoms with Crippen molar-refractivity contribution in [3.63, 3.8) is 0 Å². The van der Waals surface area contributed by atoms with E-state index >= 15 is 0 Å². The van der Waals surface area contributed by atoms with Crippen LogP contribution in [0.25, 0.3) is 0 Å². The monoisotopic (exact) mass is 307 g/mol. The maximum absolute atomic E-state index is 12.8. The van der Waals surface area contributed by atoms with E-state index in [4.69, 9.17) is 12.2 Å². The zero-order valence-electron chi connectivity index (χ0n) is 11.1. The minimum atomic E-state index is -0.281. The Morgan fingerprint density at radius 3 is 2.50 bits per heavy atom. The summed E-state index contributed by atoms with van der Waals surface area (Å²) < 4.78 is 12.8. The van der Waals surface area contributed by atoms with Gasteiger partial charge in [-0.25, -0.2) is 4.39 Å². The van der Waals surface area contributed by atoms with Crippen molar-refractivity contribution < 1.29 is 4.39 Å². The average molecular weight is 307 g/mol. The first-order valence-electron chi connectivity index (χ1n) is 5.98. The number of anilines is 1. The molecule has 0 atom stereocenters. The Morgan fingerprint density at radius 2 is 1.90 bits per heavy atom. The number of nitrogens with one attached hydrogen (secondary N) is 2. The highest BCUT2D eigenvalue weighted by molar-refractivity contribution is 7.80. The summed E-state index contributed by atoms with van der Waals surface area (Å²) in [5.41, 5.74) is 4.35. The van der Waals surface area contributed by atoms with Gasteiger partial charge in [0, 0.05) is 10.6 Å². The lowest BCUT2D eigenvalue weighted by molar-refractivity contribution is 0.628. The van der Waals surface area contributed by atoms with Gasteiger partial charge in [0.15, 0.2) is 5.11 Å². The van der Waals surface area contributed by atoms with E-state index in [1.165, 1.54) is 17.0 Å². The quantitative estimate of drug-likeness (QED) is 0.513. The van der Waals surface area contributed by atoms with Gasteiger partial charge < -0.3 is 5.32 Å². The minimum Gasteiger partial charge on any atom is -0.331 e. The molecule has 104 valence electrons. The van der Waals surface area contributed by atoms with Crippen LogP contribution in [0.3, 0.4) is 0 Å². The van der Waals surface area contributed by atoms with Gasteiger partial charge in [-0.2, -0.15) is 5.10 Å². The van der Waals surface area contributed by atoms with E-state index in [1.54, 1.807) is 23.5 Å². The summed E-state index contributed by atoms with van der Waals surface area (Å²) in [6.07, 6.45) is 0. The Morgan fingerprint density at radius 1 is 1.20 bits per heavy atom. The number of thiophene rings is 1. The number of rotatable bonds is 3. The molecule has 0 aliphatic rings. The summed E-state index contributed by atoms with van der Waals surface area (Å²) in [5.74, 6) is -0.281. The normalized spacial score (nSPS) is 11.2. The highest BCUT2D eigenvalue weighted by atomic mass is 32.1. The second-order valence-corrected chi connectivity index (χ2v) is 5.88. The number of hydrogen-bond acceptors (Lipinski definition) is 3. The van der Waals surface area contributed by atoms with E-state index < -0.39 is 0 Å². The number of thiocarbonyl (C=S) groups is 1. The van der Waals surface area contributed by atoms with Gasteiger partial charge in [0.1, 0.15) is 5.82 Å². The van der Waals surface area contributed by atoms with E-state index in [9.17, 15) is 4.39 Å². The van der Waals surface area contributed by atoms with Gasteiger partial charge in [-0.3, -0.25) is 5.43 Å². The molecule has 0 aliphatic carbocycles. The zero-order chi connectivity index (χ0) is 14.5. The fourth-order valence-electron chi connectivity index (χ4n) is 1.51. The van der Waals surface area contributed by atoms with Gasteiger partial charge in [-0.15, -0.1) is 11.3 Å². The molecule has 1 aromatic heterocycles. The van der Waals surface area contributed by atoms with Crippen LogP contribution in [-0.4, -0.2) is 10.8 Å². The third kappa shape index (κ3) is 4.11. The molecule has 0 spiro atoms. The largest absolute Gasteiger partial charge is 0.331 e. The number of halogens is 1. The minimum absolute atomic E-state index is 0.281. The molecular weight excluding hydrogens is 293 g/mol. The summed E-state index contributed by atoms with van der Waals surface area (Å²) in [7, 11) is 0. The number of hydrogen-bond donors (Lipinski definition) is 2. The van der Waals surface area contributed by atoms with Crippen molar-refractivity contribution in [2.24, 2.45) is 5.10 Å². The first-order valence-corrected chi connectivity index (χ1v) is 7.21. The molecule has 0 bridgehead atoms. The summed E-state index contributed by atoms with van der Waals surface area (Å²) in [5, 5.41) is 7.52. The van der Waals surface area contributed by atoms with Crippen LogP contribution < -0.4 is 10.7 Å². The lowest BCUT2D eigenvalue weighted by Crippen LogP contribution is -2.24. The highest BCUT2D eigenvalue weighted by Crippen LogP contribution is 2.15. The number of aryl methyl sites for hydroxylation is 1. The van der Waals surface area contributed by atoms with Crippen LogP contribution in [0.5, 0.6) is 0 Å². The zero-order valence-corrected chi connectivity index (χ0v) is 12.7. The van der Waals surface area contributed by atoms with E-state index in [0.717, 1.165) is 10.6 Å². The van der Waals surface area contributed by atoms with Crippen LogP contribution in [0.4, 0.5) is 10.1 Å². The van der Waals surface area contributed by atoms with Crippen molar-refractivity contribution in [1.82, 2.24) is 5.43 Å². The summed E-state index contributed by atoms with van der Waals surface area (Å²) >= 11 is 6.80. The second-order valence-electron chi connectivity index (χ2n) is 4.18. The smallest absolute Gasteiger partial charge is 0.191 e. The Kier molecular flexibility index (Phi) is 4.81. The Balaban J connectivity index is 1.93. The fraction of sp³-hybridized carbons (Fsp3) is 0.143. The molecule has 0 unspecified atom stereocenters. The van der Waals surface area contributed by atoms with Crippen molar-refractivity contribution in [2.75, 3.05) is 5.32 Å². The number of hydrazone groups is 1. The first kappa shape index (κ1) is 14.6. The van der Waals surface area contributed by atoms with E-state index in [2.05, 4.69) is 22.8 Å². The molecule has 0 saturated carbocycles. The molecule has 6 heteroatoms. The van der Waals surface area contributed by atoms with Gasteiger partial charge >= 0.3 is 0 Å². The number of nitrogens with zero attached hydrogens (tertiary/aromatic N) is 1. The van der Waals surface area contributed by atoms with Crippen molar-refractivity contribution in [2.45, 2.75) is 13.8 Å². The maximum atomic E-state index is 12.8. The van der Waals surface area contributed by atoms with E-state index in [0.29, 0.717) is 10.8 Å². The summed E-state index contributed by atoms with van der Waals surface area (Å²) in [6.45, 7) is 3.97. The van der Waals surface area contributed by atoms with Gasteiger partial charge in [0.2, 0.25) is 0 Å². The number of benzene rings is 1. The van der Waals surface area contributed by atoms with Crippen LogP contribution >= 0.6 is 23.6 Å². The lowest BCUT2D eigenvalue weighted by Gasteiger charge is -2.07. The lowest BCUT2D eigenvalue weighted by atomic mass is 10.3. The fourth-order valence-corrected chi connectivity index (χ4v) is 2.49. The van der Waals surface area contributed by atoms with Crippen LogP contribution in [0.1, 0.15) is 16.7 Å². The van der Waals surface area contributed by atoms with Crippen LogP contribution in [-0.2, 0) is 0 Å². The molecule has 0 fully saturated rings. The van der Waals surface area contributed by atoms with E-state index in [-0.39, 0.29) is 5.82 Å². The molecule has 3 nitrogen and oxygen atoms in total. The topological polar surface area (TPSA) is 36.4 Å². The van der Waals surface area contributed by atoms with Crippen LogP contribution in [0.2, 0.25) is 0 Å². The summed E-state index contributed by atoms with van der Waals surface area (Å²) in [4.78, 5) is 2.33. The standard InChI is InChI=1S/C14H14FN3S2/c1-9-3-8-13(20-9)10(2)17-18-14(19)16-12-6-4-11(15)5-7-12/h3-8H,1-2H3,(H2,16,18,19)/b17-10-. The van der Waals surface area contributed by atoms with Crippen molar-refractivity contribution in [3.05, 3.63) is 52.0 Å². The van der Waals surface area contributed by atoms with Gasteiger partial charge in [0.25, 0.3) is 0 Å². The molecule has 1 aromatic carbocycles. The molecule has 0 aliphatic heterocycles. The molecule has 1 heterocycles. The average Bonchev–Trinajstić information content (AvgIpc) is 2.85. The Bertz CT molecular complexity index is 632. The molecule has 2 aromatic rings. The molecule has 0 amide bonds. The van der Waals surface area contributed by atoms with Crippen LogP contribution in [0, 0.1) is 12.7 Å². The predicted octanol–water partition coefficient (Wildman–Crippen LogP) is 3.91. The molecule has 2 rings (SSSR count). The third-order valence-electron chi connectivity index (χ3n) is 2.52. The predicted molar refractivity (Wildman–Crippen MR) is 87.0 cm³/mol. The Hall–Kier alpha value is -1.79. The molecule has 20 heavy (non-hydrogen) atoms. The van der Waals surface area contributed by atoms with Gasteiger partial charge in [0.05, 0.1) is 10.6 Å².